The Kier molecular flexibility index (Phi) is 11.0. The lowest BCUT2D eigenvalue weighted by molar-refractivity contribution is 0.210. The van der Waals surface area contributed by atoms with E-state index in [0.717, 1.165) is 48.2 Å². The summed E-state index contributed by atoms with van der Waals surface area (Å²) in [6.07, 6.45) is 1.82. The smallest absolute Gasteiger partial charge is 0.119 e. The maximum absolute atomic E-state index is 10.8. The molecule has 0 aliphatic carbocycles. The number of phenols is 2. The van der Waals surface area contributed by atoms with Gasteiger partial charge in [-0.25, -0.2) is 0 Å². The summed E-state index contributed by atoms with van der Waals surface area (Å²) in [5.41, 5.74) is 6.75. The molecule has 2 unspecified atom stereocenters. The van der Waals surface area contributed by atoms with Gasteiger partial charge in [0.25, 0.3) is 0 Å². The normalized spacial score (nSPS) is 12.8. The lowest BCUT2D eigenvalue weighted by Crippen LogP contribution is -2.34. The number of rotatable bonds is 11. The van der Waals surface area contributed by atoms with Gasteiger partial charge in [0.1, 0.15) is 11.5 Å². The Balaban J connectivity index is 0.00000420. The van der Waals surface area contributed by atoms with Crippen LogP contribution in [-0.4, -0.2) is 34.2 Å². The molecule has 2 atom stereocenters. The fourth-order valence-electron chi connectivity index (χ4n) is 5.50. The monoisotopic (exact) mass is 543 g/mol. The molecule has 0 aliphatic heterocycles. The van der Waals surface area contributed by atoms with E-state index >= 15 is 0 Å². The Morgan fingerprint density at radius 1 is 0.590 bits per heavy atom. The van der Waals surface area contributed by atoms with Gasteiger partial charge >= 0.3 is 0 Å². The molecule has 4 heteroatoms. The standard InChI is InChI=1S/C35H41NO2.ClH/c1-25(2)36(21-19-30(28-11-7-5-8-12-28)32-23-26(3)15-17-34(32)37)22-20-31(29-13-9-6-10-14-29)33-24-27(4)16-18-35(33)38;/h5-18,23-25,30-31,37-38H,19-22H2,1-4H3;1H. The molecule has 2 N–H and O–H groups in total. The van der Waals surface area contributed by atoms with Crippen LogP contribution in [0.3, 0.4) is 0 Å². The van der Waals surface area contributed by atoms with Crippen LogP contribution in [-0.2, 0) is 0 Å². The maximum Gasteiger partial charge on any atom is 0.119 e. The van der Waals surface area contributed by atoms with Crippen LogP contribution in [0.4, 0.5) is 0 Å². The SMILES string of the molecule is Cc1ccc(O)c(C(CCN(CCC(c2ccccc2)c2cc(C)ccc2O)C(C)C)c2ccccc2)c1.Cl. The highest BCUT2D eigenvalue weighted by Gasteiger charge is 2.23. The van der Waals surface area contributed by atoms with E-state index in [2.05, 4.69) is 93.3 Å². The van der Waals surface area contributed by atoms with Crippen LogP contribution >= 0.6 is 12.4 Å². The molecular formula is C35H42ClNO2. The van der Waals surface area contributed by atoms with E-state index in [1.165, 1.54) is 11.1 Å². The molecule has 39 heavy (non-hydrogen) atoms. The first-order chi connectivity index (χ1) is 18.3. The van der Waals surface area contributed by atoms with E-state index < -0.39 is 0 Å². The van der Waals surface area contributed by atoms with Gasteiger partial charge in [0.05, 0.1) is 0 Å². The third kappa shape index (κ3) is 7.88. The summed E-state index contributed by atoms with van der Waals surface area (Å²) in [6, 6.07) is 33.2. The topological polar surface area (TPSA) is 43.7 Å². The quantitative estimate of drug-likeness (QED) is 0.199. The van der Waals surface area contributed by atoms with Crippen molar-refractivity contribution in [3.8, 4) is 11.5 Å². The zero-order valence-electron chi connectivity index (χ0n) is 23.5. The molecule has 0 bridgehead atoms. The molecule has 0 heterocycles. The molecule has 0 spiro atoms. The van der Waals surface area contributed by atoms with Gasteiger partial charge in [0.2, 0.25) is 0 Å². The minimum Gasteiger partial charge on any atom is -0.508 e. The first kappa shape index (κ1) is 30.3. The van der Waals surface area contributed by atoms with Gasteiger partial charge in [-0.05, 0) is 76.9 Å². The Labute approximate surface area is 240 Å². The third-order valence-corrected chi connectivity index (χ3v) is 7.66. The molecule has 206 valence electrons. The molecule has 0 aliphatic rings. The van der Waals surface area contributed by atoms with Gasteiger partial charge in [-0.3, -0.25) is 0 Å². The molecule has 0 saturated heterocycles. The van der Waals surface area contributed by atoms with Crippen LogP contribution in [0.25, 0.3) is 0 Å². The summed E-state index contributed by atoms with van der Waals surface area (Å²) < 4.78 is 0. The van der Waals surface area contributed by atoms with Crippen LogP contribution < -0.4 is 0 Å². The van der Waals surface area contributed by atoms with Gasteiger partial charge in [0.15, 0.2) is 0 Å². The lowest BCUT2D eigenvalue weighted by Gasteiger charge is -2.31. The Morgan fingerprint density at radius 3 is 1.33 bits per heavy atom. The van der Waals surface area contributed by atoms with Crippen molar-refractivity contribution in [2.24, 2.45) is 0 Å². The second-order valence-electron chi connectivity index (χ2n) is 10.8. The molecule has 4 aromatic rings. The summed E-state index contributed by atoms with van der Waals surface area (Å²) in [6.45, 7) is 10.5. The highest BCUT2D eigenvalue weighted by molar-refractivity contribution is 5.85. The first-order valence-electron chi connectivity index (χ1n) is 13.8. The second kappa shape index (κ2) is 14.2. The van der Waals surface area contributed by atoms with E-state index in [1.807, 2.05) is 36.4 Å². The molecule has 0 fully saturated rings. The molecule has 0 radical (unpaired) electrons. The number of aromatic hydroxyl groups is 2. The number of benzene rings is 4. The van der Waals surface area contributed by atoms with Crippen molar-refractivity contribution in [1.29, 1.82) is 0 Å². The van der Waals surface area contributed by atoms with Crippen molar-refractivity contribution in [2.75, 3.05) is 13.1 Å². The molecule has 4 rings (SSSR count). The highest BCUT2D eigenvalue weighted by Crippen LogP contribution is 2.37. The van der Waals surface area contributed by atoms with Crippen LogP contribution in [0, 0.1) is 13.8 Å². The van der Waals surface area contributed by atoms with Crippen molar-refractivity contribution >= 4 is 12.4 Å². The summed E-state index contributed by atoms with van der Waals surface area (Å²) >= 11 is 0. The molecule has 0 amide bonds. The minimum atomic E-state index is 0. The summed E-state index contributed by atoms with van der Waals surface area (Å²) in [7, 11) is 0. The van der Waals surface area contributed by atoms with E-state index in [0.29, 0.717) is 17.5 Å². The molecular weight excluding hydrogens is 502 g/mol. The van der Waals surface area contributed by atoms with Crippen molar-refractivity contribution in [2.45, 2.75) is 58.4 Å². The third-order valence-electron chi connectivity index (χ3n) is 7.66. The fourth-order valence-corrected chi connectivity index (χ4v) is 5.50. The zero-order valence-corrected chi connectivity index (χ0v) is 24.4. The minimum absolute atomic E-state index is 0. The summed E-state index contributed by atoms with van der Waals surface area (Å²) in [5.74, 6) is 0.949. The van der Waals surface area contributed by atoms with Gasteiger partial charge in [-0.1, -0.05) is 96.1 Å². The average Bonchev–Trinajstić information content (AvgIpc) is 2.92. The maximum atomic E-state index is 10.8. The van der Waals surface area contributed by atoms with Gasteiger partial charge in [-0.15, -0.1) is 12.4 Å². The lowest BCUT2D eigenvalue weighted by atomic mass is 9.86. The predicted molar refractivity (Wildman–Crippen MR) is 165 cm³/mol. The number of hydrogen-bond acceptors (Lipinski definition) is 3. The van der Waals surface area contributed by atoms with E-state index in [4.69, 9.17) is 0 Å². The molecule has 0 aromatic heterocycles. The van der Waals surface area contributed by atoms with Gasteiger partial charge in [-0.2, -0.15) is 0 Å². The zero-order chi connectivity index (χ0) is 27.1. The Hall–Kier alpha value is -3.27. The average molecular weight is 544 g/mol. The van der Waals surface area contributed by atoms with Crippen LogP contribution in [0.15, 0.2) is 97.1 Å². The van der Waals surface area contributed by atoms with E-state index in [9.17, 15) is 10.2 Å². The van der Waals surface area contributed by atoms with Crippen molar-refractivity contribution in [1.82, 2.24) is 4.90 Å². The second-order valence-corrected chi connectivity index (χ2v) is 10.8. The van der Waals surface area contributed by atoms with Crippen LogP contribution in [0.2, 0.25) is 0 Å². The Bertz CT molecular complexity index is 1210. The number of phenolic OH excluding ortho intramolecular Hbond substituents is 2. The van der Waals surface area contributed by atoms with Crippen LogP contribution in [0.1, 0.15) is 71.9 Å². The summed E-state index contributed by atoms with van der Waals surface area (Å²) in [4.78, 5) is 2.53. The van der Waals surface area contributed by atoms with Crippen LogP contribution in [0.5, 0.6) is 11.5 Å². The van der Waals surface area contributed by atoms with E-state index in [-0.39, 0.29) is 24.2 Å². The number of aryl methyl sites for hydroxylation is 2. The van der Waals surface area contributed by atoms with Crippen molar-refractivity contribution < 1.29 is 10.2 Å². The highest BCUT2D eigenvalue weighted by atomic mass is 35.5. The summed E-state index contributed by atoms with van der Waals surface area (Å²) in [5, 5.41) is 21.6. The number of nitrogens with zero attached hydrogens (tertiary/aromatic N) is 1. The molecule has 3 nitrogen and oxygen atoms in total. The van der Waals surface area contributed by atoms with Crippen molar-refractivity contribution in [3.63, 3.8) is 0 Å². The predicted octanol–water partition coefficient (Wildman–Crippen LogP) is 8.59. The van der Waals surface area contributed by atoms with Gasteiger partial charge in [0, 0.05) is 29.0 Å². The molecule has 0 saturated carbocycles. The van der Waals surface area contributed by atoms with E-state index in [1.54, 1.807) is 0 Å². The largest absolute Gasteiger partial charge is 0.508 e. The fraction of sp³-hybridized carbons (Fsp3) is 0.314. The first-order valence-corrected chi connectivity index (χ1v) is 13.8. The number of halogens is 1. The number of hydrogen-bond donors (Lipinski definition) is 2. The Morgan fingerprint density at radius 2 is 0.974 bits per heavy atom. The molecule has 4 aromatic carbocycles. The van der Waals surface area contributed by atoms with Gasteiger partial charge < -0.3 is 15.1 Å². The van der Waals surface area contributed by atoms with Crippen molar-refractivity contribution in [3.05, 3.63) is 130 Å².